The van der Waals surface area contributed by atoms with E-state index >= 15 is 0 Å². The van der Waals surface area contributed by atoms with Crippen LogP contribution in [0.25, 0.3) is 11.3 Å². The highest BCUT2D eigenvalue weighted by Crippen LogP contribution is 2.34. The number of para-hydroxylation sites is 1. The molecule has 0 radical (unpaired) electrons. The minimum atomic E-state index is -0.355. The van der Waals surface area contributed by atoms with Crippen molar-refractivity contribution in [2.24, 2.45) is 5.92 Å². The highest BCUT2D eigenvalue weighted by atomic mass is 16.2. The summed E-state index contributed by atoms with van der Waals surface area (Å²) in [7, 11) is 0. The van der Waals surface area contributed by atoms with E-state index in [2.05, 4.69) is 12.0 Å². The molecule has 0 unspecified atom stereocenters. The summed E-state index contributed by atoms with van der Waals surface area (Å²) in [5.41, 5.74) is 2.07. The minimum absolute atomic E-state index is 0.265. The second-order valence-corrected chi connectivity index (χ2v) is 8.45. The maximum Gasteiger partial charge on any atom is 0.279 e. The number of likely N-dealkylation sites (tertiary alicyclic amines) is 1. The first-order valence-corrected chi connectivity index (χ1v) is 11.2. The molecule has 0 spiro atoms. The molecule has 1 aromatic carbocycles. The topological polar surface area (TPSA) is 78.4 Å². The number of piperidine rings is 1. The molecule has 31 heavy (non-hydrogen) atoms. The van der Waals surface area contributed by atoms with Gasteiger partial charge in [-0.05, 0) is 43.7 Å². The summed E-state index contributed by atoms with van der Waals surface area (Å²) in [6, 6.07) is 9.29. The molecular weight excluding hydrogens is 392 g/mol. The molecule has 164 valence electrons. The Morgan fingerprint density at radius 2 is 1.68 bits per heavy atom. The summed E-state index contributed by atoms with van der Waals surface area (Å²) in [6.07, 6.45) is 3.16. The van der Waals surface area contributed by atoms with Crippen molar-refractivity contribution < 1.29 is 9.59 Å². The van der Waals surface area contributed by atoms with Crippen LogP contribution in [0.3, 0.4) is 0 Å². The molecule has 7 nitrogen and oxygen atoms in total. The second-order valence-electron chi connectivity index (χ2n) is 8.45. The second kappa shape index (κ2) is 8.57. The van der Waals surface area contributed by atoms with Crippen LogP contribution >= 0.6 is 0 Å². The minimum Gasteiger partial charge on any atom is -0.366 e. The number of carbonyl (C=O) groups is 2. The highest BCUT2D eigenvalue weighted by molar-refractivity contribution is 6.35. The molecule has 7 heteroatoms. The van der Waals surface area contributed by atoms with Crippen molar-refractivity contribution in [2.45, 2.75) is 46.5 Å². The number of rotatable bonds is 6. The number of nitrogens with one attached hydrogen (secondary N) is 1. The van der Waals surface area contributed by atoms with E-state index in [9.17, 15) is 14.4 Å². The molecule has 0 bridgehead atoms. The largest absolute Gasteiger partial charge is 0.366 e. The standard InChI is InChI=1S/C24H30N4O3/c1-4-13-27-22(29)20(21(24(27)31)26-14-11-16(3)12-15-26)19-18(5-2)25-28(23(19)30)17-9-7-6-8-10-17/h6-10,16,25H,4-5,11-15H2,1-3H3. The van der Waals surface area contributed by atoms with Crippen LogP contribution in [0.5, 0.6) is 0 Å². The first-order chi connectivity index (χ1) is 15.0. The van der Waals surface area contributed by atoms with Gasteiger partial charge >= 0.3 is 0 Å². The Labute approximate surface area is 182 Å². The summed E-state index contributed by atoms with van der Waals surface area (Å²) in [5, 5.41) is 3.18. The van der Waals surface area contributed by atoms with Crippen molar-refractivity contribution >= 4 is 17.4 Å². The number of hydrogen-bond donors (Lipinski definition) is 1. The third-order valence-electron chi connectivity index (χ3n) is 6.27. The van der Waals surface area contributed by atoms with Crippen LogP contribution < -0.4 is 5.56 Å². The highest BCUT2D eigenvalue weighted by Gasteiger charge is 2.43. The van der Waals surface area contributed by atoms with Crippen LogP contribution in [0.15, 0.2) is 40.8 Å². The fourth-order valence-corrected chi connectivity index (χ4v) is 4.50. The third-order valence-corrected chi connectivity index (χ3v) is 6.27. The fourth-order valence-electron chi connectivity index (χ4n) is 4.50. The van der Waals surface area contributed by atoms with Gasteiger partial charge in [0.15, 0.2) is 0 Å². The van der Waals surface area contributed by atoms with Gasteiger partial charge in [-0.2, -0.15) is 0 Å². The number of aromatic nitrogens is 2. The van der Waals surface area contributed by atoms with Gasteiger partial charge in [0.1, 0.15) is 5.70 Å². The molecule has 4 rings (SSSR count). The van der Waals surface area contributed by atoms with Crippen LogP contribution in [0, 0.1) is 5.92 Å². The number of nitrogens with zero attached hydrogens (tertiary/aromatic N) is 3. The van der Waals surface area contributed by atoms with Crippen LogP contribution in [0.1, 0.15) is 51.3 Å². The van der Waals surface area contributed by atoms with Crippen molar-refractivity contribution in [2.75, 3.05) is 19.6 Å². The number of H-pyrrole nitrogens is 1. The Kier molecular flexibility index (Phi) is 5.85. The van der Waals surface area contributed by atoms with Crippen molar-refractivity contribution in [1.82, 2.24) is 19.6 Å². The zero-order valence-corrected chi connectivity index (χ0v) is 18.5. The Morgan fingerprint density at radius 3 is 2.29 bits per heavy atom. The summed E-state index contributed by atoms with van der Waals surface area (Å²) in [6.45, 7) is 7.88. The number of hydrogen-bond acceptors (Lipinski definition) is 4. The van der Waals surface area contributed by atoms with Gasteiger partial charge in [0.25, 0.3) is 17.4 Å². The molecule has 3 heterocycles. The van der Waals surface area contributed by atoms with E-state index in [1.807, 2.05) is 49.1 Å². The Hall–Kier alpha value is -3.09. The molecule has 0 saturated carbocycles. The van der Waals surface area contributed by atoms with E-state index in [1.54, 1.807) is 0 Å². The quantitative estimate of drug-likeness (QED) is 0.726. The maximum absolute atomic E-state index is 13.5. The molecule has 1 N–H and O–H groups in total. The fraction of sp³-hybridized carbons (Fsp3) is 0.458. The zero-order valence-electron chi connectivity index (χ0n) is 18.5. The zero-order chi connectivity index (χ0) is 22.1. The van der Waals surface area contributed by atoms with Gasteiger partial charge in [0, 0.05) is 25.3 Å². The molecule has 2 aliphatic heterocycles. The number of aromatic amines is 1. The van der Waals surface area contributed by atoms with E-state index in [4.69, 9.17) is 0 Å². The predicted molar refractivity (Wildman–Crippen MR) is 120 cm³/mol. The van der Waals surface area contributed by atoms with Gasteiger partial charge in [-0.3, -0.25) is 24.4 Å². The lowest BCUT2D eigenvalue weighted by Gasteiger charge is -2.32. The SMILES string of the molecule is CCCN1C(=O)C(c2c(CC)[nH]n(-c3ccccc3)c2=O)=C(N2CCC(C)CC2)C1=O. The first kappa shape index (κ1) is 21.2. The summed E-state index contributed by atoms with van der Waals surface area (Å²) in [5.74, 6) is -0.0372. The number of aryl methyl sites for hydroxylation is 1. The lowest BCUT2D eigenvalue weighted by molar-refractivity contribution is -0.137. The predicted octanol–water partition coefficient (Wildman–Crippen LogP) is 2.95. The monoisotopic (exact) mass is 422 g/mol. The van der Waals surface area contributed by atoms with Crippen LogP contribution in [-0.2, 0) is 16.0 Å². The summed E-state index contributed by atoms with van der Waals surface area (Å²) < 4.78 is 1.47. The molecule has 0 atom stereocenters. The molecule has 1 saturated heterocycles. The van der Waals surface area contributed by atoms with Gasteiger partial charge in [-0.15, -0.1) is 0 Å². The molecule has 2 aromatic rings. The van der Waals surface area contributed by atoms with Crippen LogP contribution in [0.2, 0.25) is 0 Å². The molecule has 2 aliphatic rings. The third kappa shape index (κ3) is 3.62. The number of imide groups is 1. The van der Waals surface area contributed by atoms with E-state index in [0.717, 1.165) is 25.9 Å². The van der Waals surface area contributed by atoms with E-state index < -0.39 is 0 Å². The van der Waals surface area contributed by atoms with Crippen molar-refractivity contribution in [1.29, 1.82) is 0 Å². The summed E-state index contributed by atoms with van der Waals surface area (Å²) >= 11 is 0. The van der Waals surface area contributed by atoms with Crippen molar-refractivity contribution in [3.05, 3.63) is 57.6 Å². The lowest BCUT2D eigenvalue weighted by atomic mass is 9.97. The molecule has 0 aliphatic carbocycles. The normalized spacial score (nSPS) is 17.9. The van der Waals surface area contributed by atoms with Crippen LogP contribution in [-0.4, -0.2) is 51.0 Å². The molecule has 1 fully saturated rings. The van der Waals surface area contributed by atoms with Crippen LogP contribution in [0.4, 0.5) is 0 Å². The number of amides is 2. The Morgan fingerprint density at radius 1 is 1.00 bits per heavy atom. The van der Waals surface area contributed by atoms with E-state index in [-0.39, 0.29) is 22.9 Å². The van der Waals surface area contributed by atoms with Gasteiger partial charge in [0.2, 0.25) is 0 Å². The molecule has 2 amide bonds. The Bertz CT molecular complexity index is 1070. The van der Waals surface area contributed by atoms with E-state index in [1.165, 1.54) is 9.58 Å². The number of benzene rings is 1. The summed E-state index contributed by atoms with van der Waals surface area (Å²) in [4.78, 5) is 43.6. The van der Waals surface area contributed by atoms with Crippen molar-refractivity contribution in [3.63, 3.8) is 0 Å². The van der Waals surface area contributed by atoms with Crippen molar-refractivity contribution in [3.8, 4) is 5.69 Å². The average molecular weight is 423 g/mol. The van der Waals surface area contributed by atoms with Gasteiger partial charge < -0.3 is 4.90 Å². The molecular formula is C24H30N4O3. The lowest BCUT2D eigenvalue weighted by Crippen LogP contribution is -2.38. The smallest absolute Gasteiger partial charge is 0.279 e. The number of carbonyl (C=O) groups excluding carboxylic acids is 2. The average Bonchev–Trinajstić information content (AvgIpc) is 3.23. The van der Waals surface area contributed by atoms with E-state index in [0.29, 0.717) is 47.9 Å². The van der Waals surface area contributed by atoms with Gasteiger partial charge in [0.05, 0.1) is 16.8 Å². The van der Waals surface area contributed by atoms with Gasteiger partial charge in [-0.25, -0.2) is 4.68 Å². The Balaban J connectivity index is 1.90. The maximum atomic E-state index is 13.5. The first-order valence-electron chi connectivity index (χ1n) is 11.2. The van der Waals surface area contributed by atoms with Gasteiger partial charge in [-0.1, -0.05) is 39.0 Å². The molecule has 1 aromatic heterocycles.